The Morgan fingerprint density at radius 3 is 2.36 bits per heavy atom. The molecule has 0 aliphatic carbocycles. The number of ether oxygens (including phenoxy) is 3. The van der Waals surface area contributed by atoms with E-state index in [1.54, 1.807) is 24.3 Å². The highest BCUT2D eigenvalue weighted by molar-refractivity contribution is 7.15. The van der Waals surface area contributed by atoms with Crippen molar-refractivity contribution in [1.29, 1.82) is 5.26 Å². The zero-order valence-corrected chi connectivity index (χ0v) is 21.6. The van der Waals surface area contributed by atoms with Crippen LogP contribution in [0.4, 0.5) is 5.13 Å². The van der Waals surface area contributed by atoms with Crippen LogP contribution >= 0.6 is 11.3 Å². The van der Waals surface area contributed by atoms with Gasteiger partial charge in [-0.2, -0.15) is 5.26 Å². The van der Waals surface area contributed by atoms with Crippen molar-refractivity contribution in [3.8, 4) is 17.6 Å². The molecule has 0 fully saturated rings. The molecular formula is C27H30N4O4S. The van der Waals surface area contributed by atoms with Gasteiger partial charge in [0, 0.05) is 6.42 Å². The number of carbonyl (C=O) groups excluding carboxylic acids is 1. The Hall–Kier alpha value is -3.74. The van der Waals surface area contributed by atoms with E-state index in [1.807, 2.05) is 31.2 Å². The summed E-state index contributed by atoms with van der Waals surface area (Å²) < 4.78 is 16.9. The highest BCUT2D eigenvalue weighted by Gasteiger charge is 2.12. The van der Waals surface area contributed by atoms with E-state index in [1.165, 1.54) is 28.5 Å². The summed E-state index contributed by atoms with van der Waals surface area (Å²) in [5.74, 6) is 0.989. The molecule has 36 heavy (non-hydrogen) atoms. The van der Waals surface area contributed by atoms with Crippen LogP contribution in [0.2, 0.25) is 0 Å². The summed E-state index contributed by atoms with van der Waals surface area (Å²) in [5.41, 5.74) is 3.12. The Kier molecular flexibility index (Phi) is 10.4. The lowest BCUT2D eigenvalue weighted by atomic mass is 10.1. The van der Waals surface area contributed by atoms with Crippen LogP contribution in [0.3, 0.4) is 0 Å². The first-order chi connectivity index (χ1) is 17.5. The Labute approximate surface area is 215 Å². The second kappa shape index (κ2) is 14.0. The van der Waals surface area contributed by atoms with E-state index in [0.717, 1.165) is 23.6 Å². The van der Waals surface area contributed by atoms with Gasteiger partial charge in [0.25, 0.3) is 5.91 Å². The van der Waals surface area contributed by atoms with E-state index < -0.39 is 5.91 Å². The molecule has 1 heterocycles. The smallest absolute Gasteiger partial charge is 0.268 e. The standard InChI is InChI=1S/C27H30N4O4S/c1-4-5-25-30-31-27(36-25)29-26(32)22(18-28)17-21-7-10-23(11-8-21)34-14-12-33-13-15-35-24-9-6-19(2)20(3)16-24/h6-11,16-17H,4-5,12-15H2,1-3H3,(H,29,31,32). The number of rotatable bonds is 13. The average molecular weight is 507 g/mol. The van der Waals surface area contributed by atoms with Gasteiger partial charge in [-0.3, -0.25) is 10.1 Å². The van der Waals surface area contributed by atoms with Gasteiger partial charge in [-0.25, -0.2) is 0 Å². The SMILES string of the molecule is CCCc1nnc(NC(=O)C(C#N)=Cc2ccc(OCCOCCOc3ccc(C)c(C)c3)cc2)s1. The van der Waals surface area contributed by atoms with Gasteiger partial charge in [-0.15, -0.1) is 10.2 Å². The molecule has 188 valence electrons. The van der Waals surface area contributed by atoms with Crippen LogP contribution in [0.25, 0.3) is 6.08 Å². The van der Waals surface area contributed by atoms with E-state index in [2.05, 4.69) is 29.4 Å². The summed E-state index contributed by atoms with van der Waals surface area (Å²) in [7, 11) is 0. The molecule has 0 spiro atoms. The molecule has 0 unspecified atom stereocenters. The average Bonchev–Trinajstić information content (AvgIpc) is 3.31. The lowest BCUT2D eigenvalue weighted by Crippen LogP contribution is -2.13. The summed E-state index contributed by atoms with van der Waals surface area (Å²) in [6.07, 6.45) is 3.27. The topological polar surface area (TPSA) is 106 Å². The van der Waals surface area contributed by atoms with Gasteiger partial charge in [0.1, 0.15) is 41.4 Å². The van der Waals surface area contributed by atoms with Gasteiger partial charge in [-0.05, 0) is 67.3 Å². The first-order valence-corrected chi connectivity index (χ1v) is 12.6. The van der Waals surface area contributed by atoms with E-state index in [9.17, 15) is 10.1 Å². The number of carbonyl (C=O) groups is 1. The molecule has 1 amide bonds. The van der Waals surface area contributed by atoms with Crippen LogP contribution in [-0.4, -0.2) is 42.5 Å². The molecule has 3 aromatic rings. The molecule has 0 aliphatic rings. The van der Waals surface area contributed by atoms with Crippen LogP contribution in [-0.2, 0) is 16.0 Å². The molecule has 9 heteroatoms. The number of benzene rings is 2. The van der Waals surface area contributed by atoms with Crippen molar-refractivity contribution in [2.75, 3.05) is 31.7 Å². The van der Waals surface area contributed by atoms with E-state index >= 15 is 0 Å². The minimum absolute atomic E-state index is 0.0210. The fourth-order valence-corrected chi connectivity index (χ4v) is 3.94. The summed E-state index contributed by atoms with van der Waals surface area (Å²) in [6, 6.07) is 15.1. The number of hydrogen-bond acceptors (Lipinski definition) is 8. The number of nitrogens with zero attached hydrogens (tertiary/aromatic N) is 3. The molecule has 0 saturated heterocycles. The third-order valence-corrected chi connectivity index (χ3v) is 6.08. The first kappa shape index (κ1) is 26.9. The second-order valence-electron chi connectivity index (χ2n) is 8.00. The molecule has 3 rings (SSSR count). The quantitative estimate of drug-likeness (QED) is 0.195. The van der Waals surface area contributed by atoms with Gasteiger partial charge >= 0.3 is 0 Å². The summed E-state index contributed by atoms with van der Waals surface area (Å²) in [5, 5.41) is 21.2. The van der Waals surface area contributed by atoms with E-state index in [-0.39, 0.29) is 5.57 Å². The monoisotopic (exact) mass is 506 g/mol. The first-order valence-electron chi connectivity index (χ1n) is 11.7. The number of nitrogens with one attached hydrogen (secondary N) is 1. The van der Waals surface area contributed by atoms with Gasteiger partial charge in [0.2, 0.25) is 5.13 Å². The number of anilines is 1. The number of aryl methyl sites for hydroxylation is 3. The van der Waals surface area contributed by atoms with Crippen molar-refractivity contribution in [3.05, 3.63) is 69.7 Å². The minimum atomic E-state index is -0.518. The number of nitriles is 1. The van der Waals surface area contributed by atoms with Crippen molar-refractivity contribution in [2.24, 2.45) is 0 Å². The molecule has 0 saturated carbocycles. The molecule has 0 aliphatic heterocycles. The molecule has 0 atom stereocenters. The third kappa shape index (κ3) is 8.48. The molecule has 0 radical (unpaired) electrons. The Morgan fingerprint density at radius 2 is 1.69 bits per heavy atom. The van der Waals surface area contributed by atoms with Crippen LogP contribution in [0, 0.1) is 25.2 Å². The van der Waals surface area contributed by atoms with Gasteiger partial charge in [0.05, 0.1) is 13.2 Å². The predicted octanol–water partition coefficient (Wildman–Crippen LogP) is 5.13. The van der Waals surface area contributed by atoms with Crippen LogP contribution in [0.1, 0.15) is 35.0 Å². The molecule has 8 nitrogen and oxygen atoms in total. The van der Waals surface area contributed by atoms with Crippen LogP contribution < -0.4 is 14.8 Å². The zero-order valence-electron chi connectivity index (χ0n) is 20.7. The van der Waals surface area contributed by atoms with E-state index in [4.69, 9.17) is 14.2 Å². The summed E-state index contributed by atoms with van der Waals surface area (Å²) in [4.78, 5) is 12.4. The zero-order chi connectivity index (χ0) is 25.8. The number of amides is 1. The highest BCUT2D eigenvalue weighted by atomic mass is 32.1. The third-order valence-electron chi connectivity index (χ3n) is 5.18. The molecule has 1 aromatic heterocycles. The van der Waals surface area contributed by atoms with Crippen molar-refractivity contribution in [3.63, 3.8) is 0 Å². The van der Waals surface area contributed by atoms with Gasteiger partial charge < -0.3 is 14.2 Å². The molecule has 0 bridgehead atoms. The minimum Gasteiger partial charge on any atom is -0.491 e. The fourth-order valence-electron chi connectivity index (χ4n) is 3.10. The lowest BCUT2D eigenvalue weighted by Gasteiger charge is -2.10. The van der Waals surface area contributed by atoms with Crippen LogP contribution in [0.15, 0.2) is 48.0 Å². The van der Waals surface area contributed by atoms with Gasteiger partial charge in [0.15, 0.2) is 0 Å². The van der Waals surface area contributed by atoms with Crippen molar-refractivity contribution in [1.82, 2.24) is 10.2 Å². The maximum absolute atomic E-state index is 12.4. The highest BCUT2D eigenvalue weighted by Crippen LogP contribution is 2.19. The summed E-state index contributed by atoms with van der Waals surface area (Å²) in [6.45, 7) is 7.94. The van der Waals surface area contributed by atoms with Crippen molar-refractivity contribution >= 4 is 28.5 Å². The normalized spacial score (nSPS) is 11.1. The van der Waals surface area contributed by atoms with Crippen molar-refractivity contribution in [2.45, 2.75) is 33.6 Å². The number of aromatic nitrogens is 2. The number of hydrogen-bond donors (Lipinski definition) is 1. The largest absolute Gasteiger partial charge is 0.491 e. The maximum Gasteiger partial charge on any atom is 0.268 e. The molecule has 1 N–H and O–H groups in total. The van der Waals surface area contributed by atoms with Crippen molar-refractivity contribution < 1.29 is 19.0 Å². The molecular weight excluding hydrogens is 476 g/mol. The Bertz CT molecular complexity index is 1220. The fraction of sp³-hybridized carbons (Fsp3) is 0.333. The Balaban J connectivity index is 1.38. The Morgan fingerprint density at radius 1 is 1.00 bits per heavy atom. The maximum atomic E-state index is 12.4. The van der Waals surface area contributed by atoms with Crippen LogP contribution in [0.5, 0.6) is 11.5 Å². The summed E-state index contributed by atoms with van der Waals surface area (Å²) >= 11 is 1.31. The second-order valence-corrected chi connectivity index (χ2v) is 9.06. The van der Waals surface area contributed by atoms with Gasteiger partial charge in [-0.1, -0.05) is 36.5 Å². The predicted molar refractivity (Wildman–Crippen MR) is 140 cm³/mol. The molecule has 2 aromatic carbocycles. The van der Waals surface area contributed by atoms with E-state index in [0.29, 0.717) is 42.9 Å². The lowest BCUT2D eigenvalue weighted by molar-refractivity contribution is -0.112.